The van der Waals surface area contributed by atoms with Crippen LogP contribution < -0.4 is 10.6 Å². The predicted molar refractivity (Wildman–Crippen MR) is 81.8 cm³/mol. The first-order valence-electron chi connectivity index (χ1n) is 7.09. The van der Waals surface area contributed by atoms with Gasteiger partial charge in [0.25, 0.3) is 0 Å². The molecule has 114 valence electrons. The number of carbonyl (C=O) groups excluding carboxylic acids is 1. The van der Waals surface area contributed by atoms with Crippen molar-refractivity contribution in [3.8, 4) is 0 Å². The van der Waals surface area contributed by atoms with E-state index in [1.54, 1.807) is 17.5 Å². The predicted octanol–water partition coefficient (Wildman–Crippen LogP) is 2.44. The van der Waals surface area contributed by atoms with Crippen molar-refractivity contribution in [3.63, 3.8) is 0 Å². The first-order chi connectivity index (χ1) is 9.55. The van der Waals surface area contributed by atoms with E-state index in [0.717, 1.165) is 22.7 Å². The molecule has 0 saturated carbocycles. The van der Waals surface area contributed by atoms with E-state index in [1.165, 1.54) is 0 Å². The normalized spacial score (nSPS) is 11.4. The van der Waals surface area contributed by atoms with Gasteiger partial charge in [-0.15, -0.1) is 11.3 Å². The largest absolute Gasteiger partial charge is 0.396 e. The fourth-order valence-electron chi connectivity index (χ4n) is 2.16. The van der Waals surface area contributed by atoms with Gasteiger partial charge in [-0.2, -0.15) is 0 Å². The summed E-state index contributed by atoms with van der Waals surface area (Å²) in [7, 11) is 0. The number of thiazole rings is 1. The molecule has 0 spiro atoms. The van der Waals surface area contributed by atoms with Crippen LogP contribution in [0.5, 0.6) is 0 Å². The van der Waals surface area contributed by atoms with Gasteiger partial charge in [0.15, 0.2) is 0 Å². The van der Waals surface area contributed by atoms with Crippen LogP contribution >= 0.6 is 11.3 Å². The second-order valence-corrected chi connectivity index (χ2v) is 6.38. The van der Waals surface area contributed by atoms with Crippen LogP contribution in [0.2, 0.25) is 0 Å². The van der Waals surface area contributed by atoms with Crippen molar-refractivity contribution in [2.45, 2.75) is 46.6 Å². The number of carbonyl (C=O) groups is 1. The maximum Gasteiger partial charge on any atom is 0.315 e. The zero-order valence-electron chi connectivity index (χ0n) is 12.5. The maximum absolute atomic E-state index is 11.8. The molecule has 5 nitrogen and oxygen atoms in total. The van der Waals surface area contributed by atoms with Gasteiger partial charge in [-0.1, -0.05) is 13.8 Å². The summed E-state index contributed by atoms with van der Waals surface area (Å²) in [4.78, 5) is 17.0. The Bertz CT molecular complexity index is 416. The number of hydrogen-bond donors (Lipinski definition) is 3. The van der Waals surface area contributed by atoms with Crippen molar-refractivity contribution < 1.29 is 9.90 Å². The molecule has 0 aliphatic rings. The van der Waals surface area contributed by atoms with Crippen LogP contribution in [0.1, 0.15) is 43.0 Å². The molecule has 1 aromatic heterocycles. The van der Waals surface area contributed by atoms with Crippen LogP contribution in [-0.2, 0) is 6.54 Å². The molecule has 6 heteroatoms. The first kappa shape index (κ1) is 16.9. The Morgan fingerprint density at radius 2 is 2.10 bits per heavy atom. The molecule has 0 atom stereocenters. The minimum Gasteiger partial charge on any atom is -0.396 e. The molecule has 0 aromatic carbocycles. The number of aliphatic hydroxyl groups excluding tert-OH is 1. The Morgan fingerprint density at radius 1 is 1.40 bits per heavy atom. The Kier molecular flexibility index (Phi) is 6.95. The Balaban J connectivity index is 2.37. The summed E-state index contributed by atoms with van der Waals surface area (Å²) in [6, 6.07) is -0.166. The number of urea groups is 1. The second kappa shape index (κ2) is 8.21. The molecule has 0 saturated heterocycles. The number of aliphatic hydroxyl groups is 1. The van der Waals surface area contributed by atoms with Crippen LogP contribution in [0.4, 0.5) is 4.79 Å². The lowest BCUT2D eigenvalue weighted by Gasteiger charge is -2.31. The highest BCUT2D eigenvalue weighted by atomic mass is 32.1. The summed E-state index contributed by atoms with van der Waals surface area (Å²) < 4.78 is 0. The smallest absolute Gasteiger partial charge is 0.315 e. The number of rotatable bonds is 8. The maximum atomic E-state index is 11.8. The van der Waals surface area contributed by atoms with Gasteiger partial charge in [-0.05, 0) is 31.6 Å². The van der Waals surface area contributed by atoms with Gasteiger partial charge in [-0.3, -0.25) is 0 Å². The van der Waals surface area contributed by atoms with Crippen molar-refractivity contribution in [1.82, 2.24) is 15.6 Å². The van der Waals surface area contributed by atoms with Gasteiger partial charge >= 0.3 is 6.03 Å². The zero-order chi connectivity index (χ0) is 15.0. The third-order valence-electron chi connectivity index (χ3n) is 3.86. The zero-order valence-corrected chi connectivity index (χ0v) is 13.3. The van der Waals surface area contributed by atoms with Gasteiger partial charge in [-0.25, -0.2) is 9.78 Å². The first-order valence-corrected chi connectivity index (χ1v) is 7.90. The fraction of sp³-hybridized carbons (Fsp3) is 0.714. The molecule has 1 heterocycles. The molecule has 1 rings (SSSR count). The average molecular weight is 299 g/mol. The minimum atomic E-state index is -0.166. The number of amides is 2. The molecule has 0 unspecified atom stereocenters. The highest BCUT2D eigenvalue weighted by Gasteiger charge is 2.25. The van der Waals surface area contributed by atoms with E-state index < -0.39 is 0 Å². The van der Waals surface area contributed by atoms with Crippen LogP contribution in [0.15, 0.2) is 6.20 Å². The van der Waals surface area contributed by atoms with Crippen molar-refractivity contribution >= 4 is 17.4 Å². The van der Waals surface area contributed by atoms with Gasteiger partial charge in [0, 0.05) is 24.2 Å². The quantitative estimate of drug-likeness (QED) is 0.690. The van der Waals surface area contributed by atoms with Crippen LogP contribution in [0, 0.1) is 12.3 Å². The van der Waals surface area contributed by atoms with Crippen LogP contribution in [0.25, 0.3) is 0 Å². The number of hydrogen-bond acceptors (Lipinski definition) is 4. The fourth-order valence-corrected chi connectivity index (χ4v) is 2.90. The summed E-state index contributed by atoms with van der Waals surface area (Å²) in [5.74, 6) is 0. The van der Waals surface area contributed by atoms with Crippen LogP contribution in [0.3, 0.4) is 0 Å². The number of nitrogens with one attached hydrogen (secondary N) is 2. The Hall–Kier alpha value is -1.14. The lowest BCUT2D eigenvalue weighted by molar-refractivity contribution is 0.163. The van der Waals surface area contributed by atoms with Gasteiger partial charge in [0.05, 0.1) is 11.6 Å². The molecule has 0 radical (unpaired) electrons. The molecular weight excluding hydrogens is 274 g/mol. The number of aryl methyl sites for hydroxylation is 1. The number of aromatic nitrogens is 1. The topological polar surface area (TPSA) is 74.2 Å². The molecule has 3 N–H and O–H groups in total. The van der Waals surface area contributed by atoms with Gasteiger partial charge < -0.3 is 15.7 Å². The molecule has 0 fully saturated rings. The molecule has 20 heavy (non-hydrogen) atoms. The molecule has 2 amide bonds. The third kappa shape index (κ3) is 5.09. The Labute approximate surface area is 124 Å². The molecule has 0 bridgehead atoms. The minimum absolute atomic E-state index is 0.00678. The summed E-state index contributed by atoms with van der Waals surface area (Å²) in [5, 5.41) is 15.9. The molecule has 0 aliphatic carbocycles. The highest BCUT2D eigenvalue weighted by Crippen LogP contribution is 2.29. The van der Waals surface area contributed by atoms with E-state index in [9.17, 15) is 4.79 Å². The van der Waals surface area contributed by atoms with Crippen molar-refractivity contribution in [2.24, 2.45) is 5.41 Å². The van der Waals surface area contributed by atoms with E-state index in [2.05, 4.69) is 29.5 Å². The van der Waals surface area contributed by atoms with Crippen molar-refractivity contribution in [1.29, 1.82) is 0 Å². The summed E-state index contributed by atoms with van der Waals surface area (Å²) in [5.41, 5.74) is -0.00678. The lowest BCUT2D eigenvalue weighted by Crippen LogP contribution is -2.42. The number of nitrogens with zero attached hydrogens (tertiary/aromatic N) is 1. The highest BCUT2D eigenvalue weighted by molar-refractivity contribution is 7.11. The van der Waals surface area contributed by atoms with E-state index in [0.29, 0.717) is 19.5 Å². The van der Waals surface area contributed by atoms with E-state index in [-0.39, 0.29) is 18.1 Å². The van der Waals surface area contributed by atoms with Crippen molar-refractivity contribution in [2.75, 3.05) is 13.2 Å². The summed E-state index contributed by atoms with van der Waals surface area (Å²) in [6.45, 7) is 7.39. The second-order valence-electron chi connectivity index (χ2n) is 5.06. The molecule has 0 aliphatic heterocycles. The van der Waals surface area contributed by atoms with E-state index in [1.807, 2.05) is 6.92 Å². The van der Waals surface area contributed by atoms with Gasteiger partial charge in [0.1, 0.15) is 0 Å². The summed E-state index contributed by atoms with van der Waals surface area (Å²) >= 11 is 1.58. The molecule has 1 aromatic rings. The monoisotopic (exact) mass is 299 g/mol. The summed E-state index contributed by atoms with van der Waals surface area (Å²) in [6.07, 6.45) is 4.39. The van der Waals surface area contributed by atoms with E-state index >= 15 is 0 Å². The standard InChI is InChI=1S/C14H25N3O2S/c1-4-14(5-2,6-7-18)10-17-13(19)16-9-12-8-15-11(3)20-12/h8,18H,4-7,9-10H2,1-3H3,(H2,16,17,19). The van der Waals surface area contributed by atoms with E-state index in [4.69, 9.17) is 5.11 Å². The van der Waals surface area contributed by atoms with Crippen LogP contribution in [-0.4, -0.2) is 29.3 Å². The lowest BCUT2D eigenvalue weighted by atomic mass is 9.79. The molecular formula is C14H25N3O2S. The third-order valence-corrected chi connectivity index (χ3v) is 4.77. The SMILES string of the molecule is CCC(CC)(CCO)CNC(=O)NCc1cnc(C)s1. The van der Waals surface area contributed by atoms with Crippen molar-refractivity contribution in [3.05, 3.63) is 16.1 Å². The van der Waals surface area contributed by atoms with Gasteiger partial charge in [0.2, 0.25) is 0 Å². The average Bonchev–Trinajstić information content (AvgIpc) is 2.87. The Morgan fingerprint density at radius 3 is 2.60 bits per heavy atom.